The Hall–Kier alpha value is -1.86. The fraction of sp³-hybridized carbons (Fsp3) is 0.529. The van der Waals surface area contributed by atoms with Gasteiger partial charge in [0, 0.05) is 17.8 Å². The standard InChI is InChI=1S/C17H24N2O2/c1-3-5-9-15(7-4-2)19-17(21)16-11-10-14(13-18-16)8-6-12-20/h10-11,13,15,20H,3-5,7,9,12H2,1-2H3,(H,19,21). The zero-order valence-electron chi connectivity index (χ0n) is 12.9. The Balaban J connectivity index is 2.64. The van der Waals surface area contributed by atoms with Gasteiger partial charge in [0.2, 0.25) is 0 Å². The summed E-state index contributed by atoms with van der Waals surface area (Å²) in [6, 6.07) is 3.63. The third-order valence-corrected chi connectivity index (χ3v) is 3.19. The van der Waals surface area contributed by atoms with Crippen LogP contribution in [0, 0.1) is 11.8 Å². The molecule has 1 unspecified atom stereocenters. The number of amides is 1. The van der Waals surface area contributed by atoms with E-state index in [1.54, 1.807) is 18.3 Å². The first-order chi connectivity index (χ1) is 10.2. The topological polar surface area (TPSA) is 62.2 Å². The second-order valence-corrected chi connectivity index (χ2v) is 4.99. The first kappa shape index (κ1) is 17.2. The van der Waals surface area contributed by atoms with Crippen molar-refractivity contribution in [2.75, 3.05) is 6.61 Å². The second-order valence-electron chi connectivity index (χ2n) is 4.99. The van der Waals surface area contributed by atoms with Crippen molar-refractivity contribution in [2.45, 2.75) is 52.0 Å². The number of carbonyl (C=O) groups excluding carboxylic acids is 1. The number of aromatic nitrogens is 1. The van der Waals surface area contributed by atoms with Gasteiger partial charge in [0.1, 0.15) is 12.3 Å². The Morgan fingerprint density at radius 2 is 2.14 bits per heavy atom. The number of pyridine rings is 1. The summed E-state index contributed by atoms with van der Waals surface area (Å²) in [5, 5.41) is 11.7. The van der Waals surface area contributed by atoms with Gasteiger partial charge >= 0.3 is 0 Å². The molecular weight excluding hydrogens is 264 g/mol. The summed E-state index contributed by atoms with van der Waals surface area (Å²) in [7, 11) is 0. The average molecular weight is 288 g/mol. The Morgan fingerprint density at radius 3 is 2.71 bits per heavy atom. The van der Waals surface area contributed by atoms with E-state index in [0.29, 0.717) is 11.3 Å². The monoisotopic (exact) mass is 288 g/mol. The van der Waals surface area contributed by atoms with E-state index in [4.69, 9.17) is 5.11 Å². The maximum atomic E-state index is 12.2. The first-order valence-corrected chi connectivity index (χ1v) is 7.57. The van der Waals surface area contributed by atoms with Gasteiger partial charge in [0.15, 0.2) is 0 Å². The van der Waals surface area contributed by atoms with Gasteiger partial charge in [-0.05, 0) is 25.0 Å². The molecule has 0 fully saturated rings. The molecule has 2 N–H and O–H groups in total. The van der Waals surface area contributed by atoms with Crippen molar-refractivity contribution in [2.24, 2.45) is 0 Å². The Morgan fingerprint density at radius 1 is 1.33 bits per heavy atom. The Kier molecular flexibility index (Phi) is 8.15. The molecule has 0 radical (unpaired) electrons. The molecule has 0 aliphatic heterocycles. The van der Waals surface area contributed by atoms with E-state index in [2.05, 4.69) is 36.0 Å². The summed E-state index contributed by atoms with van der Waals surface area (Å²) in [4.78, 5) is 16.3. The van der Waals surface area contributed by atoms with E-state index in [1.165, 1.54) is 0 Å². The number of unbranched alkanes of at least 4 members (excludes halogenated alkanes) is 1. The lowest BCUT2D eigenvalue weighted by Crippen LogP contribution is -2.35. The number of nitrogens with one attached hydrogen (secondary N) is 1. The molecule has 0 saturated heterocycles. The van der Waals surface area contributed by atoms with Crippen molar-refractivity contribution in [3.8, 4) is 11.8 Å². The van der Waals surface area contributed by atoms with Crippen LogP contribution in [0.25, 0.3) is 0 Å². The molecule has 21 heavy (non-hydrogen) atoms. The molecule has 114 valence electrons. The number of aliphatic hydroxyl groups excluding tert-OH is 1. The number of rotatable bonds is 7. The molecule has 1 amide bonds. The van der Waals surface area contributed by atoms with Crippen LogP contribution in [0.5, 0.6) is 0 Å². The minimum absolute atomic E-state index is 0.133. The zero-order valence-corrected chi connectivity index (χ0v) is 12.9. The Labute approximate surface area is 127 Å². The molecule has 0 saturated carbocycles. The van der Waals surface area contributed by atoms with Crippen LogP contribution in [-0.4, -0.2) is 28.6 Å². The van der Waals surface area contributed by atoms with E-state index in [-0.39, 0.29) is 18.6 Å². The third kappa shape index (κ3) is 6.42. The van der Waals surface area contributed by atoms with E-state index < -0.39 is 0 Å². The number of carbonyl (C=O) groups is 1. The minimum Gasteiger partial charge on any atom is -0.384 e. The zero-order chi connectivity index (χ0) is 15.5. The first-order valence-electron chi connectivity index (χ1n) is 7.57. The van der Waals surface area contributed by atoms with Crippen LogP contribution in [0.15, 0.2) is 18.3 Å². The number of hydrogen-bond acceptors (Lipinski definition) is 3. The molecule has 0 aliphatic rings. The number of hydrogen-bond donors (Lipinski definition) is 2. The van der Waals surface area contributed by atoms with E-state index in [0.717, 1.165) is 32.1 Å². The van der Waals surface area contributed by atoms with Crippen LogP contribution in [0.2, 0.25) is 0 Å². The molecule has 4 heteroatoms. The molecule has 1 aromatic heterocycles. The summed E-state index contributed by atoms with van der Waals surface area (Å²) in [6.07, 6.45) is 6.86. The highest BCUT2D eigenvalue weighted by Crippen LogP contribution is 2.08. The van der Waals surface area contributed by atoms with Gasteiger partial charge in [-0.15, -0.1) is 0 Å². The summed E-state index contributed by atoms with van der Waals surface area (Å²) >= 11 is 0. The molecule has 0 aliphatic carbocycles. The van der Waals surface area contributed by atoms with Crippen molar-refractivity contribution in [1.82, 2.24) is 10.3 Å². The predicted octanol–water partition coefficient (Wildman–Crippen LogP) is 2.51. The number of nitrogens with zero attached hydrogens (tertiary/aromatic N) is 1. The van der Waals surface area contributed by atoms with E-state index in [9.17, 15) is 4.79 Å². The predicted molar refractivity (Wildman–Crippen MR) is 83.9 cm³/mol. The van der Waals surface area contributed by atoms with Crippen LogP contribution >= 0.6 is 0 Å². The molecule has 4 nitrogen and oxygen atoms in total. The normalized spacial score (nSPS) is 11.4. The molecule has 1 atom stereocenters. The maximum Gasteiger partial charge on any atom is 0.270 e. The van der Waals surface area contributed by atoms with Crippen LogP contribution in [0.3, 0.4) is 0 Å². The van der Waals surface area contributed by atoms with Gasteiger partial charge < -0.3 is 10.4 Å². The van der Waals surface area contributed by atoms with Crippen molar-refractivity contribution >= 4 is 5.91 Å². The molecule has 0 bridgehead atoms. The van der Waals surface area contributed by atoms with E-state index >= 15 is 0 Å². The average Bonchev–Trinajstić information content (AvgIpc) is 2.51. The fourth-order valence-electron chi connectivity index (χ4n) is 2.09. The van der Waals surface area contributed by atoms with Gasteiger partial charge in [0.25, 0.3) is 5.91 Å². The Bertz CT molecular complexity index is 486. The number of aliphatic hydroxyl groups is 1. The quantitative estimate of drug-likeness (QED) is 0.758. The highest BCUT2D eigenvalue weighted by Gasteiger charge is 2.13. The van der Waals surface area contributed by atoms with Crippen molar-refractivity contribution in [3.05, 3.63) is 29.6 Å². The van der Waals surface area contributed by atoms with Crippen LogP contribution in [0.4, 0.5) is 0 Å². The molecule has 0 spiro atoms. The third-order valence-electron chi connectivity index (χ3n) is 3.19. The van der Waals surface area contributed by atoms with Gasteiger partial charge in [-0.3, -0.25) is 4.79 Å². The summed E-state index contributed by atoms with van der Waals surface area (Å²) in [5.74, 6) is 5.17. The molecule has 1 aromatic rings. The lowest BCUT2D eigenvalue weighted by Gasteiger charge is -2.17. The van der Waals surface area contributed by atoms with Gasteiger partial charge in [-0.25, -0.2) is 4.98 Å². The van der Waals surface area contributed by atoms with Gasteiger partial charge in [-0.2, -0.15) is 0 Å². The smallest absolute Gasteiger partial charge is 0.270 e. The van der Waals surface area contributed by atoms with Crippen LogP contribution in [-0.2, 0) is 0 Å². The summed E-state index contributed by atoms with van der Waals surface area (Å²) in [6.45, 7) is 4.09. The van der Waals surface area contributed by atoms with Crippen molar-refractivity contribution in [3.63, 3.8) is 0 Å². The molecular formula is C17H24N2O2. The molecule has 1 heterocycles. The van der Waals surface area contributed by atoms with E-state index in [1.807, 2.05) is 0 Å². The molecule has 0 aromatic carbocycles. The maximum absolute atomic E-state index is 12.2. The van der Waals surface area contributed by atoms with Crippen molar-refractivity contribution < 1.29 is 9.90 Å². The molecule has 1 rings (SSSR count). The van der Waals surface area contributed by atoms with Crippen LogP contribution in [0.1, 0.15) is 62.0 Å². The second kappa shape index (κ2) is 9.95. The minimum atomic E-state index is -0.182. The largest absolute Gasteiger partial charge is 0.384 e. The van der Waals surface area contributed by atoms with Gasteiger partial charge in [-0.1, -0.05) is 45.0 Å². The highest BCUT2D eigenvalue weighted by molar-refractivity contribution is 5.92. The fourth-order valence-corrected chi connectivity index (χ4v) is 2.09. The highest BCUT2D eigenvalue weighted by atomic mass is 16.2. The SMILES string of the molecule is CCCCC(CCC)NC(=O)c1ccc(C#CCO)cn1. The lowest BCUT2D eigenvalue weighted by molar-refractivity contribution is 0.0927. The van der Waals surface area contributed by atoms with Crippen molar-refractivity contribution in [1.29, 1.82) is 0 Å². The van der Waals surface area contributed by atoms with Crippen LogP contribution < -0.4 is 5.32 Å². The summed E-state index contributed by atoms with van der Waals surface area (Å²) < 4.78 is 0. The lowest BCUT2D eigenvalue weighted by atomic mass is 10.0. The summed E-state index contributed by atoms with van der Waals surface area (Å²) in [5.41, 5.74) is 1.10. The van der Waals surface area contributed by atoms with Gasteiger partial charge in [0.05, 0.1) is 0 Å².